The third-order valence-corrected chi connectivity index (χ3v) is 2.75. The van der Waals surface area contributed by atoms with Crippen molar-refractivity contribution in [3.05, 3.63) is 65.7 Å². The van der Waals surface area contributed by atoms with Crippen molar-refractivity contribution >= 4 is 0 Å². The molecule has 2 aromatic rings. The Bertz CT molecular complexity index is 535. The van der Waals surface area contributed by atoms with Crippen LogP contribution in [0.1, 0.15) is 17.2 Å². The van der Waals surface area contributed by atoms with E-state index >= 15 is 0 Å². The fourth-order valence-corrected chi connectivity index (χ4v) is 1.68. The number of ether oxygens (including phenoxy) is 1. The molecule has 5 heteroatoms. The van der Waals surface area contributed by atoms with Crippen LogP contribution in [-0.2, 0) is 6.61 Å². The molecule has 1 unspecified atom stereocenters. The molecule has 0 aliphatic carbocycles. The summed E-state index contributed by atoms with van der Waals surface area (Å²) in [6.45, 7) is 0.335. The van der Waals surface area contributed by atoms with Crippen LogP contribution in [0.4, 0.5) is 13.2 Å². The van der Waals surface area contributed by atoms with E-state index in [0.717, 1.165) is 5.56 Å². The second kappa shape index (κ2) is 5.96. The van der Waals surface area contributed by atoms with Gasteiger partial charge in [0.15, 0.2) is 6.10 Å². The molecule has 1 atom stereocenters. The highest BCUT2D eigenvalue weighted by atomic mass is 19.4. The van der Waals surface area contributed by atoms with E-state index < -0.39 is 12.3 Å². The normalized spacial score (nSPS) is 13.0. The summed E-state index contributed by atoms with van der Waals surface area (Å²) in [5, 5.41) is 9.09. The molecular formula is C15H13F3O2. The van der Waals surface area contributed by atoms with E-state index in [9.17, 15) is 13.2 Å². The lowest BCUT2D eigenvalue weighted by molar-refractivity contribution is -0.206. The van der Waals surface area contributed by atoms with Gasteiger partial charge in [-0.3, -0.25) is 0 Å². The number of hydrogen-bond acceptors (Lipinski definition) is 2. The molecule has 0 fully saturated rings. The molecule has 2 nitrogen and oxygen atoms in total. The molecule has 106 valence electrons. The Morgan fingerprint density at radius 1 is 0.950 bits per heavy atom. The van der Waals surface area contributed by atoms with E-state index in [0.29, 0.717) is 12.4 Å². The minimum absolute atomic E-state index is 0.204. The van der Waals surface area contributed by atoms with Crippen LogP contribution in [0, 0.1) is 0 Å². The molecule has 0 radical (unpaired) electrons. The van der Waals surface area contributed by atoms with Gasteiger partial charge in [0.25, 0.3) is 0 Å². The van der Waals surface area contributed by atoms with E-state index in [-0.39, 0.29) is 5.56 Å². The number of aliphatic hydroxyl groups is 1. The average molecular weight is 282 g/mol. The third-order valence-electron chi connectivity index (χ3n) is 2.75. The summed E-state index contributed by atoms with van der Waals surface area (Å²) in [6.07, 6.45) is -7.13. The highest BCUT2D eigenvalue weighted by molar-refractivity contribution is 5.29. The quantitative estimate of drug-likeness (QED) is 0.922. The molecule has 2 rings (SSSR count). The van der Waals surface area contributed by atoms with E-state index in [1.54, 1.807) is 0 Å². The monoisotopic (exact) mass is 282 g/mol. The van der Waals surface area contributed by atoms with Crippen molar-refractivity contribution < 1.29 is 23.0 Å². The summed E-state index contributed by atoms with van der Waals surface area (Å²) in [5.41, 5.74) is 0.761. The molecular weight excluding hydrogens is 269 g/mol. The lowest BCUT2D eigenvalue weighted by Gasteiger charge is -2.15. The number of halogens is 3. The first-order chi connectivity index (χ1) is 9.47. The zero-order valence-electron chi connectivity index (χ0n) is 10.5. The highest BCUT2D eigenvalue weighted by Crippen LogP contribution is 2.33. The Kier molecular flexibility index (Phi) is 4.29. The van der Waals surface area contributed by atoms with E-state index in [1.807, 2.05) is 30.3 Å². The van der Waals surface area contributed by atoms with Crippen molar-refractivity contribution in [3.8, 4) is 5.75 Å². The number of hydrogen-bond donors (Lipinski definition) is 1. The second-order valence-corrected chi connectivity index (χ2v) is 4.29. The van der Waals surface area contributed by atoms with Crippen LogP contribution < -0.4 is 4.74 Å². The zero-order valence-corrected chi connectivity index (χ0v) is 10.5. The van der Waals surface area contributed by atoms with Gasteiger partial charge in [0, 0.05) is 0 Å². The lowest BCUT2D eigenvalue weighted by Crippen LogP contribution is -2.19. The van der Waals surface area contributed by atoms with Crippen LogP contribution in [0.25, 0.3) is 0 Å². The summed E-state index contributed by atoms with van der Waals surface area (Å²) in [5.74, 6) is 0.451. The van der Waals surface area contributed by atoms with Crippen molar-refractivity contribution in [1.82, 2.24) is 0 Å². The summed E-state index contributed by atoms with van der Waals surface area (Å²) in [7, 11) is 0. The van der Waals surface area contributed by atoms with Gasteiger partial charge in [-0.15, -0.1) is 0 Å². The minimum Gasteiger partial charge on any atom is -0.489 e. The number of rotatable bonds is 4. The van der Waals surface area contributed by atoms with E-state index in [4.69, 9.17) is 9.84 Å². The predicted octanol–water partition coefficient (Wildman–Crippen LogP) is 3.86. The van der Waals surface area contributed by atoms with Gasteiger partial charge in [-0.1, -0.05) is 42.5 Å². The Morgan fingerprint density at radius 3 is 2.10 bits per heavy atom. The first-order valence-electron chi connectivity index (χ1n) is 5.98. The van der Waals surface area contributed by atoms with Gasteiger partial charge in [0.2, 0.25) is 0 Å². The van der Waals surface area contributed by atoms with Crippen molar-refractivity contribution in [3.63, 3.8) is 0 Å². The maximum absolute atomic E-state index is 12.3. The van der Waals surface area contributed by atoms with Gasteiger partial charge < -0.3 is 9.84 Å². The molecule has 0 heterocycles. The molecule has 0 saturated heterocycles. The number of alkyl halides is 3. The molecule has 0 aliphatic rings. The molecule has 2 aromatic carbocycles. The van der Waals surface area contributed by atoms with Crippen LogP contribution in [0.3, 0.4) is 0 Å². The van der Waals surface area contributed by atoms with Crippen LogP contribution in [0.5, 0.6) is 5.75 Å². The fourth-order valence-electron chi connectivity index (χ4n) is 1.68. The Hall–Kier alpha value is -2.01. The van der Waals surface area contributed by atoms with Crippen molar-refractivity contribution in [2.45, 2.75) is 18.9 Å². The molecule has 20 heavy (non-hydrogen) atoms. The lowest BCUT2D eigenvalue weighted by atomic mass is 10.1. The third kappa shape index (κ3) is 3.74. The molecule has 0 aliphatic heterocycles. The topological polar surface area (TPSA) is 29.5 Å². The first kappa shape index (κ1) is 14.4. The Morgan fingerprint density at radius 2 is 1.55 bits per heavy atom. The van der Waals surface area contributed by atoms with E-state index in [2.05, 4.69) is 0 Å². The van der Waals surface area contributed by atoms with E-state index in [1.165, 1.54) is 24.3 Å². The fraction of sp³-hybridized carbons (Fsp3) is 0.200. The minimum atomic E-state index is -4.66. The zero-order chi connectivity index (χ0) is 14.6. The SMILES string of the molecule is OC(c1ccc(OCc2ccccc2)cc1)C(F)(F)F. The summed E-state index contributed by atoms with van der Waals surface area (Å²) < 4.78 is 42.4. The standard InChI is InChI=1S/C15H13F3O2/c16-15(17,18)14(19)12-6-8-13(9-7-12)20-10-11-4-2-1-3-5-11/h1-9,14,19H,10H2. The van der Waals surface area contributed by atoms with Crippen molar-refractivity contribution in [1.29, 1.82) is 0 Å². The maximum atomic E-state index is 12.3. The van der Waals surface area contributed by atoms with Gasteiger partial charge in [-0.2, -0.15) is 13.2 Å². The second-order valence-electron chi connectivity index (χ2n) is 4.29. The highest BCUT2D eigenvalue weighted by Gasteiger charge is 2.39. The summed E-state index contributed by atoms with van der Waals surface area (Å²) in [4.78, 5) is 0. The molecule has 0 bridgehead atoms. The Balaban J connectivity index is 1.98. The summed E-state index contributed by atoms with van der Waals surface area (Å²) in [6, 6.07) is 14.7. The molecule has 0 spiro atoms. The van der Waals surface area contributed by atoms with Gasteiger partial charge >= 0.3 is 6.18 Å². The number of aliphatic hydroxyl groups excluding tert-OH is 1. The summed E-state index contributed by atoms with van der Waals surface area (Å²) >= 11 is 0. The van der Waals surface area contributed by atoms with Gasteiger partial charge in [-0.05, 0) is 23.3 Å². The van der Waals surface area contributed by atoms with Crippen LogP contribution in [0.15, 0.2) is 54.6 Å². The van der Waals surface area contributed by atoms with Crippen LogP contribution in [-0.4, -0.2) is 11.3 Å². The number of benzene rings is 2. The largest absolute Gasteiger partial charge is 0.489 e. The predicted molar refractivity (Wildman–Crippen MR) is 68.2 cm³/mol. The van der Waals surface area contributed by atoms with Gasteiger partial charge in [0.1, 0.15) is 12.4 Å². The molecule has 0 amide bonds. The van der Waals surface area contributed by atoms with Gasteiger partial charge in [0.05, 0.1) is 0 Å². The maximum Gasteiger partial charge on any atom is 0.418 e. The van der Waals surface area contributed by atoms with Gasteiger partial charge in [-0.25, -0.2) is 0 Å². The van der Waals surface area contributed by atoms with Crippen molar-refractivity contribution in [2.75, 3.05) is 0 Å². The smallest absolute Gasteiger partial charge is 0.418 e. The molecule has 1 N–H and O–H groups in total. The molecule has 0 saturated carbocycles. The van der Waals surface area contributed by atoms with Crippen LogP contribution >= 0.6 is 0 Å². The Labute approximate surface area is 114 Å². The average Bonchev–Trinajstić information content (AvgIpc) is 2.45. The van der Waals surface area contributed by atoms with Crippen molar-refractivity contribution in [2.24, 2.45) is 0 Å². The van der Waals surface area contributed by atoms with Crippen LogP contribution in [0.2, 0.25) is 0 Å². The molecule has 0 aromatic heterocycles. The first-order valence-corrected chi connectivity index (χ1v) is 5.98.